The third-order valence-corrected chi connectivity index (χ3v) is 4.48. The number of nitrogens with zero attached hydrogens (tertiary/aromatic N) is 1. The molecule has 2 rings (SSSR count). The van der Waals surface area contributed by atoms with E-state index in [2.05, 4.69) is 71.2 Å². The van der Waals surface area contributed by atoms with Crippen LogP contribution in [0.1, 0.15) is 33.6 Å². The molecule has 1 saturated heterocycles. The van der Waals surface area contributed by atoms with Gasteiger partial charge in [-0.05, 0) is 70.8 Å². The van der Waals surface area contributed by atoms with Crippen LogP contribution in [-0.2, 0) is 0 Å². The van der Waals surface area contributed by atoms with E-state index in [0.717, 1.165) is 16.9 Å². The molecule has 0 amide bonds. The van der Waals surface area contributed by atoms with Gasteiger partial charge in [-0.15, -0.1) is 0 Å². The minimum atomic E-state index is 0.322. The molecule has 1 N–H and O–H groups in total. The lowest BCUT2D eigenvalue weighted by atomic mass is 9.93. The smallest absolute Gasteiger partial charge is 0.0351 e. The number of likely N-dealkylation sites (tertiary alicyclic amines) is 1. The quantitative estimate of drug-likeness (QED) is 0.888. The van der Waals surface area contributed by atoms with Crippen molar-refractivity contribution in [1.29, 1.82) is 0 Å². The van der Waals surface area contributed by atoms with Gasteiger partial charge in [0.2, 0.25) is 0 Å². The Labute approximate surface area is 125 Å². The van der Waals surface area contributed by atoms with Crippen LogP contribution >= 0.6 is 15.9 Å². The standard InChI is InChI=1S/C16H25BrN2/c1-16(2,3)19-9-7-13(8-10-19)12-18-15-6-4-5-14(17)11-15/h4-6,11,13,18H,7-10,12H2,1-3H3. The summed E-state index contributed by atoms with van der Waals surface area (Å²) in [4.78, 5) is 2.60. The lowest BCUT2D eigenvalue weighted by Crippen LogP contribution is -2.46. The van der Waals surface area contributed by atoms with Crippen molar-refractivity contribution in [2.45, 2.75) is 39.2 Å². The van der Waals surface area contributed by atoms with Crippen molar-refractivity contribution < 1.29 is 0 Å². The molecule has 2 nitrogen and oxygen atoms in total. The molecule has 1 aromatic rings. The summed E-state index contributed by atoms with van der Waals surface area (Å²) < 4.78 is 1.14. The van der Waals surface area contributed by atoms with Crippen LogP contribution in [0.25, 0.3) is 0 Å². The molecule has 0 aliphatic carbocycles. The second-order valence-corrected chi connectivity index (χ2v) is 7.41. The van der Waals surface area contributed by atoms with Crippen molar-refractivity contribution in [3.63, 3.8) is 0 Å². The van der Waals surface area contributed by atoms with Gasteiger partial charge in [0.1, 0.15) is 0 Å². The van der Waals surface area contributed by atoms with E-state index in [1.54, 1.807) is 0 Å². The van der Waals surface area contributed by atoms with Crippen molar-refractivity contribution in [3.05, 3.63) is 28.7 Å². The molecule has 3 heteroatoms. The maximum atomic E-state index is 3.56. The van der Waals surface area contributed by atoms with E-state index in [4.69, 9.17) is 0 Å². The molecule has 1 aromatic carbocycles. The van der Waals surface area contributed by atoms with E-state index in [1.165, 1.54) is 31.6 Å². The van der Waals surface area contributed by atoms with Crippen molar-refractivity contribution in [3.8, 4) is 0 Å². The summed E-state index contributed by atoms with van der Waals surface area (Å²) in [7, 11) is 0. The fraction of sp³-hybridized carbons (Fsp3) is 0.625. The van der Waals surface area contributed by atoms with Gasteiger partial charge in [-0.1, -0.05) is 22.0 Å². The molecule has 0 saturated carbocycles. The predicted molar refractivity (Wildman–Crippen MR) is 86.7 cm³/mol. The lowest BCUT2D eigenvalue weighted by Gasteiger charge is -2.41. The number of hydrogen-bond acceptors (Lipinski definition) is 2. The molecule has 106 valence electrons. The fourth-order valence-corrected chi connectivity index (χ4v) is 3.07. The highest BCUT2D eigenvalue weighted by molar-refractivity contribution is 9.10. The molecule has 0 atom stereocenters. The third-order valence-electron chi connectivity index (χ3n) is 3.98. The molecule has 0 bridgehead atoms. The van der Waals surface area contributed by atoms with Crippen molar-refractivity contribution in [1.82, 2.24) is 4.90 Å². The van der Waals surface area contributed by atoms with Crippen molar-refractivity contribution in [2.24, 2.45) is 5.92 Å². The number of rotatable bonds is 3. The van der Waals surface area contributed by atoms with Crippen LogP contribution in [-0.4, -0.2) is 30.1 Å². The topological polar surface area (TPSA) is 15.3 Å². The van der Waals surface area contributed by atoms with Gasteiger partial charge >= 0.3 is 0 Å². The van der Waals surface area contributed by atoms with Gasteiger partial charge in [0, 0.05) is 22.2 Å². The Hall–Kier alpha value is -0.540. The summed E-state index contributed by atoms with van der Waals surface area (Å²) in [6.45, 7) is 10.5. The first-order valence-electron chi connectivity index (χ1n) is 7.19. The summed E-state index contributed by atoms with van der Waals surface area (Å²) in [5.74, 6) is 0.803. The van der Waals surface area contributed by atoms with E-state index in [1.807, 2.05) is 0 Å². The molecule has 19 heavy (non-hydrogen) atoms. The number of hydrogen-bond donors (Lipinski definition) is 1. The molecular formula is C16H25BrN2. The summed E-state index contributed by atoms with van der Waals surface area (Å²) in [5, 5.41) is 3.56. The van der Waals surface area contributed by atoms with E-state index in [0.29, 0.717) is 5.54 Å². The Morgan fingerprint density at radius 2 is 1.95 bits per heavy atom. The summed E-state index contributed by atoms with van der Waals surface area (Å²) >= 11 is 3.51. The second kappa shape index (κ2) is 6.27. The summed E-state index contributed by atoms with van der Waals surface area (Å²) in [5.41, 5.74) is 1.54. The third kappa shape index (κ3) is 4.50. The number of piperidine rings is 1. The predicted octanol–water partition coefficient (Wildman–Crippen LogP) is 4.37. The van der Waals surface area contributed by atoms with Crippen LogP contribution in [0, 0.1) is 5.92 Å². The van der Waals surface area contributed by atoms with Crippen LogP contribution in [0.3, 0.4) is 0 Å². The van der Waals surface area contributed by atoms with E-state index >= 15 is 0 Å². The molecule has 1 fully saturated rings. The Morgan fingerprint density at radius 1 is 1.26 bits per heavy atom. The van der Waals surface area contributed by atoms with Crippen molar-refractivity contribution in [2.75, 3.05) is 25.0 Å². The number of benzene rings is 1. The highest BCUT2D eigenvalue weighted by Crippen LogP contribution is 2.24. The molecular weight excluding hydrogens is 300 g/mol. The average Bonchev–Trinajstić information content (AvgIpc) is 2.36. The molecule has 0 aromatic heterocycles. The SMILES string of the molecule is CC(C)(C)N1CCC(CNc2cccc(Br)c2)CC1. The Balaban J connectivity index is 1.77. The van der Waals surface area contributed by atoms with Crippen LogP contribution in [0.2, 0.25) is 0 Å². The second-order valence-electron chi connectivity index (χ2n) is 6.49. The largest absolute Gasteiger partial charge is 0.385 e. The monoisotopic (exact) mass is 324 g/mol. The van der Waals surface area contributed by atoms with Gasteiger partial charge < -0.3 is 5.32 Å². The van der Waals surface area contributed by atoms with E-state index in [-0.39, 0.29) is 0 Å². The zero-order valence-corrected chi connectivity index (χ0v) is 13.8. The van der Waals surface area contributed by atoms with Gasteiger partial charge in [-0.3, -0.25) is 4.90 Å². The van der Waals surface area contributed by atoms with Crippen LogP contribution in [0.5, 0.6) is 0 Å². The average molecular weight is 325 g/mol. The maximum absolute atomic E-state index is 3.56. The number of halogens is 1. The summed E-state index contributed by atoms with van der Waals surface area (Å²) in [6.07, 6.45) is 2.61. The number of anilines is 1. The number of nitrogens with one attached hydrogen (secondary N) is 1. The van der Waals surface area contributed by atoms with Gasteiger partial charge in [-0.2, -0.15) is 0 Å². The highest BCUT2D eigenvalue weighted by atomic mass is 79.9. The first kappa shape index (κ1) is 14.9. The maximum Gasteiger partial charge on any atom is 0.0351 e. The first-order chi connectivity index (χ1) is 8.95. The zero-order chi connectivity index (χ0) is 13.9. The minimum Gasteiger partial charge on any atom is -0.385 e. The van der Waals surface area contributed by atoms with E-state index < -0.39 is 0 Å². The van der Waals surface area contributed by atoms with E-state index in [9.17, 15) is 0 Å². The van der Waals surface area contributed by atoms with Gasteiger partial charge in [0.15, 0.2) is 0 Å². The Bertz CT molecular complexity index is 403. The van der Waals surface area contributed by atoms with Crippen LogP contribution in [0.4, 0.5) is 5.69 Å². The van der Waals surface area contributed by atoms with Gasteiger partial charge in [-0.25, -0.2) is 0 Å². The molecule has 0 spiro atoms. The lowest BCUT2D eigenvalue weighted by molar-refractivity contribution is 0.0903. The minimum absolute atomic E-state index is 0.322. The Morgan fingerprint density at radius 3 is 2.53 bits per heavy atom. The highest BCUT2D eigenvalue weighted by Gasteiger charge is 2.26. The molecule has 1 aliphatic heterocycles. The zero-order valence-electron chi connectivity index (χ0n) is 12.2. The van der Waals surface area contributed by atoms with Gasteiger partial charge in [0.05, 0.1) is 0 Å². The van der Waals surface area contributed by atoms with Crippen LogP contribution in [0.15, 0.2) is 28.7 Å². The molecule has 1 aliphatic rings. The normalized spacial score (nSPS) is 18.5. The van der Waals surface area contributed by atoms with Crippen LogP contribution < -0.4 is 5.32 Å². The fourth-order valence-electron chi connectivity index (χ4n) is 2.67. The molecule has 0 radical (unpaired) electrons. The molecule has 1 heterocycles. The van der Waals surface area contributed by atoms with Crippen molar-refractivity contribution >= 4 is 21.6 Å². The Kier molecular flexibility index (Phi) is 4.91. The first-order valence-corrected chi connectivity index (χ1v) is 7.99. The molecule has 0 unspecified atom stereocenters. The summed E-state index contributed by atoms with van der Waals surface area (Å²) in [6, 6.07) is 8.42. The van der Waals surface area contributed by atoms with Gasteiger partial charge in [0.25, 0.3) is 0 Å².